The van der Waals surface area contributed by atoms with E-state index < -0.39 is 40.8 Å². The molecule has 5 fully saturated rings. The Morgan fingerprint density at radius 3 is 2.38 bits per heavy atom. The van der Waals surface area contributed by atoms with Gasteiger partial charge in [-0.1, -0.05) is 12.8 Å². The van der Waals surface area contributed by atoms with Crippen molar-refractivity contribution in [3.05, 3.63) is 0 Å². The molecule has 0 saturated heterocycles. The summed E-state index contributed by atoms with van der Waals surface area (Å²) in [5, 5.41) is 16.4. The first-order valence-corrected chi connectivity index (χ1v) is 12.5. The molecular weight excluding hydrogens is 442 g/mol. The van der Waals surface area contributed by atoms with Crippen molar-refractivity contribution >= 4 is 23.4 Å². The summed E-state index contributed by atoms with van der Waals surface area (Å²) in [6.45, 7) is -0.180. The van der Waals surface area contributed by atoms with Gasteiger partial charge in [0.05, 0.1) is 29.0 Å². The number of hydrogen-bond donors (Lipinski definition) is 3. The van der Waals surface area contributed by atoms with E-state index in [9.17, 15) is 23.5 Å². The topological polar surface area (TPSA) is 87.7 Å². The van der Waals surface area contributed by atoms with Crippen molar-refractivity contribution in [3.63, 3.8) is 0 Å². The SMILES string of the molecule is O=C(COC1CCC(Cl)C(F)C1)NC12CCC(NC(=O)C3CCCCC3F)(CC1)C[C@@H]2O. The highest BCUT2D eigenvalue weighted by molar-refractivity contribution is 6.21. The maximum absolute atomic E-state index is 14.2. The lowest BCUT2D eigenvalue weighted by Crippen LogP contribution is -2.70. The molecule has 2 amide bonds. The predicted octanol–water partition coefficient (Wildman–Crippen LogP) is 3.08. The maximum Gasteiger partial charge on any atom is 0.246 e. The van der Waals surface area contributed by atoms with Gasteiger partial charge < -0.3 is 20.5 Å². The average Bonchev–Trinajstić information content (AvgIpc) is 2.76. The molecule has 0 aromatic rings. The Morgan fingerprint density at radius 1 is 1.00 bits per heavy atom. The van der Waals surface area contributed by atoms with Gasteiger partial charge in [0.15, 0.2) is 0 Å². The molecule has 5 rings (SSSR count). The van der Waals surface area contributed by atoms with Gasteiger partial charge in [0, 0.05) is 12.0 Å². The molecule has 182 valence electrons. The number of ether oxygens (including phenoxy) is 1. The molecule has 5 saturated carbocycles. The Morgan fingerprint density at radius 2 is 1.72 bits per heavy atom. The van der Waals surface area contributed by atoms with Crippen LogP contribution in [0.4, 0.5) is 8.78 Å². The summed E-state index contributed by atoms with van der Waals surface area (Å²) in [6, 6.07) is 0. The van der Waals surface area contributed by atoms with Crippen molar-refractivity contribution in [2.24, 2.45) is 5.92 Å². The van der Waals surface area contributed by atoms with Crippen molar-refractivity contribution in [2.75, 3.05) is 6.61 Å². The first-order valence-electron chi connectivity index (χ1n) is 12.1. The second-order valence-electron chi connectivity index (χ2n) is 10.4. The van der Waals surface area contributed by atoms with Crippen LogP contribution >= 0.6 is 11.6 Å². The Bertz CT molecular complexity index is 703. The van der Waals surface area contributed by atoms with Crippen LogP contribution in [0, 0.1) is 5.92 Å². The summed E-state index contributed by atoms with van der Waals surface area (Å²) >= 11 is 5.89. The van der Waals surface area contributed by atoms with Crippen LogP contribution in [0.15, 0.2) is 0 Å². The molecule has 0 aliphatic heterocycles. The maximum atomic E-state index is 14.2. The van der Waals surface area contributed by atoms with Crippen molar-refractivity contribution in [1.82, 2.24) is 10.6 Å². The van der Waals surface area contributed by atoms with E-state index in [1.807, 2.05) is 0 Å². The third-order valence-electron chi connectivity index (χ3n) is 8.21. The first-order chi connectivity index (χ1) is 15.2. The molecule has 0 radical (unpaired) electrons. The lowest BCUT2D eigenvalue weighted by Gasteiger charge is -2.56. The average molecular weight is 477 g/mol. The molecular formula is C23H35ClF2N2O4. The fourth-order valence-corrected chi connectivity index (χ4v) is 6.33. The largest absolute Gasteiger partial charge is 0.391 e. The molecule has 9 heteroatoms. The highest BCUT2D eigenvalue weighted by Gasteiger charge is 2.55. The quantitative estimate of drug-likeness (QED) is 0.514. The second-order valence-corrected chi connectivity index (χ2v) is 10.9. The second kappa shape index (κ2) is 9.71. The Hall–Kier alpha value is -0.990. The van der Waals surface area contributed by atoms with Crippen LogP contribution in [0.5, 0.6) is 0 Å². The van der Waals surface area contributed by atoms with Crippen molar-refractivity contribution in [2.45, 2.75) is 118 Å². The first kappa shape index (κ1) is 24.1. The molecule has 0 heterocycles. The zero-order chi connectivity index (χ0) is 22.9. The van der Waals surface area contributed by atoms with E-state index in [1.54, 1.807) is 0 Å². The van der Waals surface area contributed by atoms with Gasteiger partial charge in [-0.15, -0.1) is 11.6 Å². The normalized spacial score (nSPS) is 44.1. The van der Waals surface area contributed by atoms with Crippen LogP contribution in [-0.2, 0) is 14.3 Å². The molecule has 6 atom stereocenters. The molecule has 0 spiro atoms. The Balaban J connectivity index is 1.27. The van der Waals surface area contributed by atoms with Crippen LogP contribution < -0.4 is 10.6 Å². The molecule has 2 bridgehead atoms. The summed E-state index contributed by atoms with van der Waals surface area (Å²) in [7, 11) is 0. The van der Waals surface area contributed by atoms with Crippen LogP contribution in [0.25, 0.3) is 0 Å². The molecule has 5 aliphatic carbocycles. The summed E-state index contributed by atoms with van der Waals surface area (Å²) in [5.41, 5.74) is -1.27. The highest BCUT2D eigenvalue weighted by atomic mass is 35.5. The number of hydrogen-bond acceptors (Lipinski definition) is 4. The minimum Gasteiger partial charge on any atom is -0.391 e. The van der Waals surface area contributed by atoms with E-state index in [2.05, 4.69) is 10.6 Å². The number of aliphatic hydroxyl groups is 1. The fourth-order valence-electron chi connectivity index (χ4n) is 6.10. The molecule has 5 aliphatic rings. The molecule has 6 nitrogen and oxygen atoms in total. The number of halogens is 3. The smallest absolute Gasteiger partial charge is 0.246 e. The van der Waals surface area contributed by atoms with Gasteiger partial charge >= 0.3 is 0 Å². The van der Waals surface area contributed by atoms with Gasteiger partial charge in [0.1, 0.15) is 19.0 Å². The summed E-state index contributed by atoms with van der Waals surface area (Å²) in [6.07, 6.45) is 3.35. The Labute approximate surface area is 193 Å². The number of amides is 2. The number of aliphatic hydroxyl groups excluding tert-OH is 1. The van der Waals surface area contributed by atoms with Gasteiger partial charge in [-0.25, -0.2) is 8.78 Å². The molecule has 0 aromatic carbocycles. The van der Waals surface area contributed by atoms with E-state index in [0.29, 0.717) is 57.8 Å². The van der Waals surface area contributed by atoms with E-state index in [4.69, 9.17) is 16.3 Å². The van der Waals surface area contributed by atoms with Crippen molar-refractivity contribution in [1.29, 1.82) is 0 Å². The van der Waals surface area contributed by atoms with E-state index in [0.717, 1.165) is 12.8 Å². The van der Waals surface area contributed by atoms with Gasteiger partial charge in [-0.2, -0.15) is 0 Å². The van der Waals surface area contributed by atoms with Crippen LogP contribution in [0.1, 0.15) is 77.0 Å². The standard InChI is InChI=1S/C23H35ClF2N2O4/c24-16-6-5-14(11-18(16)26)32-13-20(30)27-23-9-7-22(8-10-23,12-19(23)29)28-21(31)15-3-1-2-4-17(15)25/h14-19,29H,1-13H2,(H,27,30)(H,28,31)/t14?,15?,16?,17?,18?,19-,22?,23?/m0/s1. The zero-order valence-corrected chi connectivity index (χ0v) is 19.2. The van der Waals surface area contributed by atoms with Gasteiger partial charge in [-0.3, -0.25) is 9.59 Å². The van der Waals surface area contributed by atoms with Crippen molar-refractivity contribution < 1.29 is 28.2 Å². The summed E-state index contributed by atoms with van der Waals surface area (Å²) < 4.78 is 33.6. The molecule has 5 unspecified atom stereocenters. The third-order valence-corrected chi connectivity index (χ3v) is 8.70. The number of carbonyl (C=O) groups excluding carboxylic acids is 2. The summed E-state index contributed by atoms with van der Waals surface area (Å²) in [4.78, 5) is 25.3. The number of rotatable bonds is 6. The summed E-state index contributed by atoms with van der Waals surface area (Å²) in [5.74, 6) is -1.17. The van der Waals surface area contributed by atoms with Crippen LogP contribution in [-0.4, -0.2) is 64.5 Å². The third kappa shape index (κ3) is 5.07. The minimum atomic E-state index is -1.12. The predicted molar refractivity (Wildman–Crippen MR) is 116 cm³/mol. The molecule has 0 aromatic heterocycles. The van der Waals surface area contributed by atoms with Gasteiger partial charge in [-0.05, 0) is 57.8 Å². The number of fused-ring (bicyclic) bond motifs is 3. The van der Waals surface area contributed by atoms with Crippen LogP contribution in [0.2, 0.25) is 0 Å². The van der Waals surface area contributed by atoms with E-state index in [1.165, 1.54) is 0 Å². The number of alkyl halides is 3. The number of carbonyl (C=O) groups is 2. The minimum absolute atomic E-state index is 0.180. The van der Waals surface area contributed by atoms with E-state index >= 15 is 0 Å². The monoisotopic (exact) mass is 476 g/mol. The number of nitrogens with one attached hydrogen (secondary N) is 2. The lowest BCUT2D eigenvalue weighted by atomic mass is 9.59. The Kier molecular flexibility index (Phi) is 7.32. The fraction of sp³-hybridized carbons (Fsp3) is 0.913. The van der Waals surface area contributed by atoms with Crippen molar-refractivity contribution in [3.8, 4) is 0 Å². The molecule has 3 N–H and O–H groups in total. The highest BCUT2D eigenvalue weighted by Crippen LogP contribution is 2.47. The lowest BCUT2D eigenvalue weighted by molar-refractivity contribution is -0.142. The van der Waals surface area contributed by atoms with Gasteiger partial charge in [0.2, 0.25) is 11.8 Å². The van der Waals surface area contributed by atoms with E-state index in [-0.39, 0.29) is 30.9 Å². The molecule has 32 heavy (non-hydrogen) atoms. The zero-order valence-electron chi connectivity index (χ0n) is 18.5. The van der Waals surface area contributed by atoms with Gasteiger partial charge in [0.25, 0.3) is 0 Å². The van der Waals surface area contributed by atoms with Crippen LogP contribution in [0.3, 0.4) is 0 Å².